The lowest BCUT2D eigenvalue weighted by Crippen LogP contribution is -2.16. The van der Waals surface area contributed by atoms with Crippen LogP contribution in [0.1, 0.15) is 11.1 Å². The number of rotatable bonds is 3. The molecule has 0 amide bonds. The second kappa shape index (κ2) is 5.90. The van der Waals surface area contributed by atoms with Gasteiger partial charge in [0.1, 0.15) is 0 Å². The Kier molecular flexibility index (Phi) is 3.79. The lowest BCUT2D eigenvalue weighted by molar-refractivity contribution is 0.863. The Hall–Kier alpha value is -2.81. The molecule has 0 fully saturated rings. The molecule has 0 radical (unpaired) electrons. The van der Waals surface area contributed by atoms with E-state index in [2.05, 4.69) is 24.3 Å². The van der Waals surface area contributed by atoms with E-state index in [-0.39, 0.29) is 5.56 Å². The molecule has 0 spiro atoms. The number of nitrogens with two attached hydrogens (primary N) is 1. The Morgan fingerprint density at radius 1 is 0.955 bits per heavy atom. The van der Waals surface area contributed by atoms with E-state index in [4.69, 9.17) is 5.73 Å². The van der Waals surface area contributed by atoms with Gasteiger partial charge in [-0.2, -0.15) is 0 Å². The predicted octanol–water partition coefficient (Wildman–Crippen LogP) is 3.23. The van der Waals surface area contributed by atoms with E-state index >= 15 is 0 Å². The van der Waals surface area contributed by atoms with E-state index < -0.39 is 0 Å². The van der Waals surface area contributed by atoms with Crippen molar-refractivity contribution in [3.05, 3.63) is 88.3 Å². The van der Waals surface area contributed by atoms with Crippen LogP contribution in [-0.4, -0.2) is 4.57 Å². The van der Waals surface area contributed by atoms with Crippen LogP contribution in [0.25, 0.3) is 11.1 Å². The predicted molar refractivity (Wildman–Crippen MR) is 90.8 cm³/mol. The van der Waals surface area contributed by atoms with Crippen LogP contribution in [0.5, 0.6) is 0 Å². The van der Waals surface area contributed by atoms with Crippen molar-refractivity contribution in [1.82, 2.24) is 4.57 Å². The summed E-state index contributed by atoms with van der Waals surface area (Å²) in [6, 6.07) is 20.1. The molecule has 1 aromatic heterocycles. The molecule has 3 nitrogen and oxygen atoms in total. The number of anilines is 1. The van der Waals surface area contributed by atoms with Crippen molar-refractivity contribution in [3.63, 3.8) is 0 Å². The summed E-state index contributed by atoms with van der Waals surface area (Å²) in [6.07, 6.45) is 2.67. The molecule has 0 aliphatic carbocycles. The van der Waals surface area contributed by atoms with Gasteiger partial charge < -0.3 is 10.3 Å². The van der Waals surface area contributed by atoms with Gasteiger partial charge in [0.05, 0.1) is 0 Å². The number of hydrogen-bond acceptors (Lipinski definition) is 2. The Morgan fingerprint density at radius 2 is 1.68 bits per heavy atom. The zero-order valence-corrected chi connectivity index (χ0v) is 12.5. The van der Waals surface area contributed by atoms with Gasteiger partial charge in [-0.15, -0.1) is 0 Å². The minimum atomic E-state index is -0.0957. The molecule has 22 heavy (non-hydrogen) atoms. The molecule has 3 aromatic rings. The molecule has 0 saturated heterocycles. The monoisotopic (exact) mass is 290 g/mol. The molecule has 2 N–H and O–H groups in total. The topological polar surface area (TPSA) is 48.0 Å². The Morgan fingerprint density at radius 3 is 2.45 bits per heavy atom. The number of hydrogen-bond donors (Lipinski definition) is 1. The van der Waals surface area contributed by atoms with E-state index in [0.717, 1.165) is 17.5 Å². The molecule has 110 valence electrons. The average molecular weight is 290 g/mol. The molecule has 0 saturated carbocycles. The summed E-state index contributed by atoms with van der Waals surface area (Å²) in [5.41, 5.74) is 10.8. The molecular formula is C19H18N2O. The SMILES string of the molecule is Cn1cc(-c2cccc(Cc3ccccc3)c2)c(N)cc1=O. The lowest BCUT2D eigenvalue weighted by Gasteiger charge is -2.10. The fourth-order valence-electron chi connectivity index (χ4n) is 2.57. The normalized spacial score (nSPS) is 10.6. The Labute approximate surface area is 129 Å². The van der Waals surface area contributed by atoms with Gasteiger partial charge in [0.25, 0.3) is 5.56 Å². The van der Waals surface area contributed by atoms with Crippen LogP contribution in [0.15, 0.2) is 71.7 Å². The minimum absolute atomic E-state index is 0.0957. The van der Waals surface area contributed by atoms with E-state index in [9.17, 15) is 4.79 Å². The maximum absolute atomic E-state index is 11.6. The van der Waals surface area contributed by atoms with E-state index in [1.165, 1.54) is 17.2 Å². The van der Waals surface area contributed by atoms with Gasteiger partial charge in [0, 0.05) is 30.6 Å². The summed E-state index contributed by atoms with van der Waals surface area (Å²) in [7, 11) is 1.74. The Bertz CT molecular complexity index is 851. The number of pyridine rings is 1. The lowest BCUT2D eigenvalue weighted by atomic mass is 9.99. The van der Waals surface area contributed by atoms with Crippen LogP contribution in [-0.2, 0) is 13.5 Å². The van der Waals surface area contributed by atoms with Crippen LogP contribution < -0.4 is 11.3 Å². The van der Waals surface area contributed by atoms with E-state index in [1.807, 2.05) is 30.3 Å². The van der Waals surface area contributed by atoms with Gasteiger partial charge in [-0.25, -0.2) is 0 Å². The summed E-state index contributed by atoms with van der Waals surface area (Å²) in [6.45, 7) is 0. The maximum Gasteiger partial charge on any atom is 0.252 e. The van der Waals surface area contributed by atoms with Crippen molar-refractivity contribution in [3.8, 4) is 11.1 Å². The first-order chi connectivity index (χ1) is 10.6. The molecule has 0 aliphatic heterocycles. The van der Waals surface area contributed by atoms with Gasteiger partial charge in [0.15, 0.2) is 0 Å². The van der Waals surface area contributed by atoms with E-state index in [1.54, 1.807) is 17.8 Å². The average Bonchev–Trinajstić information content (AvgIpc) is 2.52. The summed E-state index contributed by atoms with van der Waals surface area (Å²) in [5, 5.41) is 0. The van der Waals surface area contributed by atoms with Crippen LogP contribution >= 0.6 is 0 Å². The second-order valence-electron chi connectivity index (χ2n) is 5.45. The fourth-order valence-corrected chi connectivity index (χ4v) is 2.57. The van der Waals surface area contributed by atoms with Crippen LogP contribution in [0, 0.1) is 0 Å². The molecule has 1 heterocycles. The van der Waals surface area contributed by atoms with Gasteiger partial charge >= 0.3 is 0 Å². The third-order valence-electron chi connectivity index (χ3n) is 3.75. The zero-order chi connectivity index (χ0) is 15.5. The largest absolute Gasteiger partial charge is 0.398 e. The number of aryl methyl sites for hydroxylation is 1. The first kappa shape index (κ1) is 14.1. The highest BCUT2D eigenvalue weighted by molar-refractivity contribution is 5.75. The second-order valence-corrected chi connectivity index (χ2v) is 5.45. The van der Waals surface area contributed by atoms with Gasteiger partial charge in [-0.05, 0) is 23.1 Å². The van der Waals surface area contributed by atoms with Crippen molar-refractivity contribution in [2.75, 3.05) is 5.73 Å². The van der Waals surface area contributed by atoms with Crippen LogP contribution in [0.3, 0.4) is 0 Å². The number of aromatic nitrogens is 1. The van der Waals surface area contributed by atoms with Crippen molar-refractivity contribution >= 4 is 5.69 Å². The summed E-state index contributed by atoms with van der Waals surface area (Å²) in [5.74, 6) is 0. The molecule has 0 bridgehead atoms. The smallest absolute Gasteiger partial charge is 0.252 e. The first-order valence-corrected chi connectivity index (χ1v) is 7.23. The molecule has 0 unspecified atom stereocenters. The highest BCUT2D eigenvalue weighted by Gasteiger charge is 2.06. The van der Waals surface area contributed by atoms with Gasteiger partial charge in [-0.1, -0.05) is 54.6 Å². The third kappa shape index (κ3) is 2.93. The first-order valence-electron chi connectivity index (χ1n) is 7.23. The summed E-state index contributed by atoms with van der Waals surface area (Å²) < 4.78 is 1.55. The van der Waals surface area contributed by atoms with E-state index in [0.29, 0.717) is 5.69 Å². The molecule has 0 atom stereocenters. The van der Waals surface area contributed by atoms with Crippen LogP contribution in [0.4, 0.5) is 5.69 Å². The summed E-state index contributed by atoms with van der Waals surface area (Å²) in [4.78, 5) is 11.6. The fraction of sp³-hybridized carbons (Fsp3) is 0.105. The molecule has 0 aliphatic rings. The molecule has 2 aromatic carbocycles. The van der Waals surface area contributed by atoms with Crippen molar-refractivity contribution in [2.24, 2.45) is 7.05 Å². The van der Waals surface area contributed by atoms with Gasteiger partial charge in [-0.3, -0.25) is 4.79 Å². The number of benzene rings is 2. The highest BCUT2D eigenvalue weighted by Crippen LogP contribution is 2.25. The quantitative estimate of drug-likeness (QED) is 0.805. The maximum atomic E-state index is 11.6. The molecular weight excluding hydrogens is 272 g/mol. The molecule has 3 rings (SSSR count). The molecule has 3 heteroatoms. The number of nitrogens with zero attached hydrogens (tertiary/aromatic N) is 1. The standard InChI is InChI=1S/C19H18N2O/c1-21-13-17(18(20)12-19(21)22)16-9-5-8-15(11-16)10-14-6-3-2-4-7-14/h2-9,11-13H,10,20H2,1H3. The highest BCUT2D eigenvalue weighted by atomic mass is 16.1. The van der Waals surface area contributed by atoms with Crippen molar-refractivity contribution < 1.29 is 0 Å². The number of nitrogen functional groups attached to an aromatic ring is 1. The Balaban J connectivity index is 1.98. The minimum Gasteiger partial charge on any atom is -0.398 e. The third-order valence-corrected chi connectivity index (χ3v) is 3.75. The van der Waals surface area contributed by atoms with Crippen molar-refractivity contribution in [1.29, 1.82) is 0 Å². The summed E-state index contributed by atoms with van der Waals surface area (Å²) >= 11 is 0. The zero-order valence-electron chi connectivity index (χ0n) is 12.5. The van der Waals surface area contributed by atoms with Crippen molar-refractivity contribution in [2.45, 2.75) is 6.42 Å². The van der Waals surface area contributed by atoms with Crippen LogP contribution in [0.2, 0.25) is 0 Å². The van der Waals surface area contributed by atoms with Gasteiger partial charge in [0.2, 0.25) is 0 Å².